The van der Waals surface area contributed by atoms with Crippen LogP contribution in [-0.4, -0.2) is 31.1 Å². The van der Waals surface area contributed by atoms with Crippen molar-refractivity contribution in [1.29, 1.82) is 0 Å². The summed E-state index contributed by atoms with van der Waals surface area (Å²) in [6, 6.07) is 7.66. The van der Waals surface area contributed by atoms with E-state index in [1.54, 1.807) is 0 Å². The molecule has 1 aromatic rings. The second kappa shape index (κ2) is 7.01. The Balaban J connectivity index is 1.65. The lowest BCUT2D eigenvalue weighted by Crippen LogP contribution is -2.35. The van der Waals surface area contributed by atoms with E-state index in [0.29, 0.717) is 5.02 Å². The normalized spacial score (nSPS) is 20.9. The average Bonchev–Trinajstić information content (AvgIpc) is 2.37. The van der Waals surface area contributed by atoms with Crippen LogP contribution in [0.1, 0.15) is 26.2 Å². The quantitative estimate of drug-likeness (QED) is 0.752. The zero-order chi connectivity index (χ0) is 12.8. The van der Waals surface area contributed by atoms with E-state index >= 15 is 0 Å². The number of hydrogen-bond donors (Lipinski definition) is 0. The van der Waals surface area contributed by atoms with Crippen molar-refractivity contribution in [1.82, 2.24) is 4.90 Å². The van der Waals surface area contributed by atoms with Crippen LogP contribution in [0.3, 0.4) is 0 Å². The van der Waals surface area contributed by atoms with Crippen LogP contribution in [0.5, 0.6) is 5.75 Å². The molecule has 1 heterocycles. The van der Waals surface area contributed by atoms with Gasteiger partial charge in [-0.15, -0.1) is 0 Å². The lowest BCUT2D eigenvalue weighted by molar-refractivity contribution is 0.170. The van der Waals surface area contributed by atoms with Crippen molar-refractivity contribution in [3.8, 4) is 5.75 Å². The molecule has 0 bridgehead atoms. The van der Waals surface area contributed by atoms with Gasteiger partial charge >= 0.3 is 0 Å². The van der Waals surface area contributed by atoms with Crippen molar-refractivity contribution in [2.45, 2.75) is 26.2 Å². The monoisotopic (exact) mass is 267 g/mol. The molecule has 100 valence electrons. The summed E-state index contributed by atoms with van der Waals surface area (Å²) < 4.78 is 5.70. The number of nitrogens with zero attached hydrogens (tertiary/aromatic N) is 1. The standard InChI is InChI=1S/C15H22ClNO/c1-13-6-4-9-17(12-13)10-5-11-18-15-8-3-2-7-14(15)16/h2-3,7-8,13H,4-6,9-12H2,1H3. The summed E-state index contributed by atoms with van der Waals surface area (Å²) in [7, 11) is 0. The Morgan fingerprint density at radius 3 is 3.00 bits per heavy atom. The van der Waals surface area contributed by atoms with Gasteiger partial charge in [0.1, 0.15) is 5.75 Å². The summed E-state index contributed by atoms with van der Waals surface area (Å²) in [6.07, 6.45) is 3.79. The highest BCUT2D eigenvalue weighted by Gasteiger charge is 2.15. The summed E-state index contributed by atoms with van der Waals surface area (Å²) in [6.45, 7) is 6.71. The first-order valence-electron chi connectivity index (χ1n) is 6.85. The van der Waals surface area contributed by atoms with Crippen molar-refractivity contribution >= 4 is 11.6 Å². The van der Waals surface area contributed by atoms with Crippen LogP contribution in [-0.2, 0) is 0 Å². The van der Waals surface area contributed by atoms with E-state index in [-0.39, 0.29) is 0 Å². The highest BCUT2D eigenvalue weighted by atomic mass is 35.5. The smallest absolute Gasteiger partial charge is 0.137 e. The largest absolute Gasteiger partial charge is 0.492 e. The minimum Gasteiger partial charge on any atom is -0.492 e. The number of ether oxygens (including phenoxy) is 1. The molecule has 0 N–H and O–H groups in total. The number of hydrogen-bond acceptors (Lipinski definition) is 2. The Hall–Kier alpha value is -0.730. The van der Waals surface area contributed by atoms with E-state index < -0.39 is 0 Å². The molecule has 3 heteroatoms. The van der Waals surface area contributed by atoms with E-state index in [4.69, 9.17) is 16.3 Å². The summed E-state index contributed by atoms with van der Waals surface area (Å²) in [5.74, 6) is 1.65. The Morgan fingerprint density at radius 1 is 1.39 bits per heavy atom. The second-order valence-electron chi connectivity index (χ2n) is 5.18. The molecule has 1 unspecified atom stereocenters. The number of likely N-dealkylation sites (tertiary alicyclic amines) is 1. The lowest BCUT2D eigenvalue weighted by atomic mass is 10.0. The maximum atomic E-state index is 6.04. The maximum absolute atomic E-state index is 6.04. The van der Waals surface area contributed by atoms with Crippen molar-refractivity contribution in [2.24, 2.45) is 5.92 Å². The highest BCUT2D eigenvalue weighted by Crippen LogP contribution is 2.23. The molecule has 1 aliphatic rings. The Kier molecular flexibility index (Phi) is 5.33. The first-order valence-corrected chi connectivity index (χ1v) is 7.23. The SMILES string of the molecule is CC1CCCN(CCCOc2ccccc2Cl)C1. The number of benzene rings is 1. The Morgan fingerprint density at radius 2 is 2.22 bits per heavy atom. The molecule has 0 amide bonds. The van der Waals surface area contributed by atoms with E-state index in [1.807, 2.05) is 24.3 Å². The molecule has 1 aliphatic heterocycles. The van der Waals surface area contributed by atoms with Crippen molar-refractivity contribution in [3.63, 3.8) is 0 Å². The lowest BCUT2D eigenvalue weighted by Gasteiger charge is -2.30. The topological polar surface area (TPSA) is 12.5 Å². The molecule has 1 aromatic carbocycles. The fraction of sp³-hybridized carbons (Fsp3) is 0.600. The molecule has 1 saturated heterocycles. The zero-order valence-electron chi connectivity index (χ0n) is 11.1. The molecular weight excluding hydrogens is 246 g/mol. The van der Waals surface area contributed by atoms with E-state index in [2.05, 4.69) is 11.8 Å². The highest BCUT2D eigenvalue weighted by molar-refractivity contribution is 6.32. The molecule has 2 rings (SSSR count). The predicted molar refractivity (Wildman–Crippen MR) is 76.4 cm³/mol. The third-order valence-electron chi connectivity index (χ3n) is 3.45. The number of rotatable bonds is 5. The average molecular weight is 268 g/mol. The first-order chi connectivity index (χ1) is 8.75. The van der Waals surface area contributed by atoms with Gasteiger partial charge in [0.25, 0.3) is 0 Å². The van der Waals surface area contributed by atoms with E-state index in [1.165, 1.54) is 25.9 Å². The third kappa shape index (κ3) is 4.18. The summed E-state index contributed by atoms with van der Waals surface area (Å²) in [5, 5.41) is 0.698. The maximum Gasteiger partial charge on any atom is 0.137 e. The van der Waals surface area contributed by atoms with Gasteiger partial charge in [-0.05, 0) is 43.9 Å². The van der Waals surface area contributed by atoms with Crippen LogP contribution < -0.4 is 4.74 Å². The van der Waals surface area contributed by atoms with E-state index in [0.717, 1.165) is 31.2 Å². The summed E-state index contributed by atoms with van der Waals surface area (Å²) >= 11 is 6.04. The fourth-order valence-electron chi connectivity index (χ4n) is 2.52. The molecule has 0 saturated carbocycles. The van der Waals surface area contributed by atoms with Crippen molar-refractivity contribution in [2.75, 3.05) is 26.2 Å². The molecule has 18 heavy (non-hydrogen) atoms. The van der Waals surface area contributed by atoms with Crippen LogP contribution in [0.15, 0.2) is 24.3 Å². The summed E-state index contributed by atoms with van der Waals surface area (Å²) in [5.41, 5.74) is 0. The Labute approximate surface area is 115 Å². The fourth-order valence-corrected chi connectivity index (χ4v) is 2.71. The summed E-state index contributed by atoms with van der Waals surface area (Å²) in [4.78, 5) is 2.55. The van der Waals surface area contributed by atoms with Crippen LogP contribution in [0.2, 0.25) is 5.02 Å². The number of halogens is 1. The molecule has 0 spiro atoms. The molecular formula is C15H22ClNO. The number of para-hydroxylation sites is 1. The molecule has 0 aliphatic carbocycles. The minimum absolute atomic E-state index is 0.698. The van der Waals surface area contributed by atoms with Gasteiger partial charge in [0, 0.05) is 13.1 Å². The second-order valence-corrected chi connectivity index (χ2v) is 5.59. The zero-order valence-corrected chi connectivity index (χ0v) is 11.8. The predicted octanol–water partition coefficient (Wildman–Crippen LogP) is 3.84. The van der Waals surface area contributed by atoms with Gasteiger partial charge in [0.2, 0.25) is 0 Å². The van der Waals surface area contributed by atoms with Gasteiger partial charge < -0.3 is 9.64 Å². The molecule has 2 nitrogen and oxygen atoms in total. The van der Waals surface area contributed by atoms with Crippen LogP contribution >= 0.6 is 11.6 Å². The first kappa shape index (κ1) is 13.7. The van der Waals surface area contributed by atoms with Gasteiger partial charge in [0.05, 0.1) is 11.6 Å². The van der Waals surface area contributed by atoms with Gasteiger partial charge in [-0.2, -0.15) is 0 Å². The molecule has 0 radical (unpaired) electrons. The van der Waals surface area contributed by atoms with Gasteiger partial charge in [-0.1, -0.05) is 30.7 Å². The van der Waals surface area contributed by atoms with Gasteiger partial charge in [-0.25, -0.2) is 0 Å². The van der Waals surface area contributed by atoms with Gasteiger partial charge in [0.15, 0.2) is 0 Å². The van der Waals surface area contributed by atoms with Crippen LogP contribution in [0.25, 0.3) is 0 Å². The Bertz CT molecular complexity index is 369. The molecule has 1 fully saturated rings. The minimum atomic E-state index is 0.698. The van der Waals surface area contributed by atoms with Crippen molar-refractivity contribution in [3.05, 3.63) is 29.3 Å². The van der Waals surface area contributed by atoms with Crippen LogP contribution in [0, 0.1) is 5.92 Å². The third-order valence-corrected chi connectivity index (χ3v) is 3.77. The van der Waals surface area contributed by atoms with Crippen LogP contribution in [0.4, 0.5) is 0 Å². The number of piperidine rings is 1. The van der Waals surface area contributed by atoms with Gasteiger partial charge in [-0.3, -0.25) is 0 Å². The van der Waals surface area contributed by atoms with E-state index in [9.17, 15) is 0 Å². The van der Waals surface area contributed by atoms with Crippen molar-refractivity contribution < 1.29 is 4.74 Å². The molecule has 1 atom stereocenters. The molecule has 0 aromatic heterocycles.